The summed E-state index contributed by atoms with van der Waals surface area (Å²) in [5.41, 5.74) is 20.0. The number of hydrogen-bond donors (Lipinski definition) is 0. The van der Waals surface area contributed by atoms with Gasteiger partial charge in [-0.3, -0.25) is 0 Å². The van der Waals surface area contributed by atoms with Crippen molar-refractivity contribution >= 4 is 17.1 Å². The lowest BCUT2D eigenvalue weighted by Gasteiger charge is -2.30. The average molecular weight is 650 g/mol. The molecule has 0 amide bonds. The number of anilines is 3. The zero-order valence-corrected chi connectivity index (χ0v) is 28.2. The SMILES string of the molecule is c1ccc(N(c2ccccc2)c2ccc3c(c2)Cc2ccccc2-3)cc1.c1ccc2c(c1)-c1ccccc1C21c2ccccc2-c2ccccc21. The second-order valence-corrected chi connectivity index (χ2v) is 13.6. The molecule has 0 aromatic heterocycles. The fraction of sp³-hybridized carbons (Fsp3) is 0.0400. The largest absolute Gasteiger partial charge is 0.310 e. The lowest BCUT2D eigenvalue weighted by Crippen LogP contribution is -2.25. The van der Waals surface area contributed by atoms with Gasteiger partial charge in [-0.05, 0) is 110 Å². The molecular formula is C50H35N. The molecule has 1 nitrogen and oxygen atoms in total. The van der Waals surface area contributed by atoms with E-state index >= 15 is 0 Å². The standard InChI is InChI=1S/C25H19N.C25H16/c1-3-10-21(11-4-1)26(22-12-5-2-6-13-22)23-15-16-25-20(18-23)17-19-9-7-8-14-24(19)25;1-5-13-21-17(9-1)18-10-2-6-14-22(18)25(21)23-15-7-3-11-19(23)20-12-4-8-16-24(20)25/h1-16,18H,17H2;1-16H. The highest BCUT2D eigenvalue weighted by atomic mass is 15.1. The van der Waals surface area contributed by atoms with Gasteiger partial charge in [0.15, 0.2) is 0 Å². The van der Waals surface area contributed by atoms with E-state index in [4.69, 9.17) is 0 Å². The Kier molecular flexibility index (Phi) is 6.85. The monoisotopic (exact) mass is 649 g/mol. The summed E-state index contributed by atoms with van der Waals surface area (Å²) in [6, 6.07) is 72.4. The molecule has 0 aliphatic heterocycles. The molecule has 51 heavy (non-hydrogen) atoms. The third-order valence-electron chi connectivity index (χ3n) is 11.0. The van der Waals surface area contributed by atoms with Crippen molar-refractivity contribution in [3.8, 4) is 33.4 Å². The van der Waals surface area contributed by atoms with Crippen molar-refractivity contribution in [3.05, 3.63) is 234 Å². The van der Waals surface area contributed by atoms with E-state index in [1.54, 1.807) is 0 Å². The van der Waals surface area contributed by atoms with Crippen LogP contribution in [0.5, 0.6) is 0 Å². The highest BCUT2D eigenvalue weighted by Gasteiger charge is 2.51. The van der Waals surface area contributed by atoms with Crippen LogP contribution in [0.2, 0.25) is 0 Å². The van der Waals surface area contributed by atoms with Gasteiger partial charge in [-0.15, -0.1) is 0 Å². The number of nitrogens with zero attached hydrogens (tertiary/aromatic N) is 1. The van der Waals surface area contributed by atoms with Gasteiger partial charge in [-0.1, -0.05) is 164 Å². The fourth-order valence-corrected chi connectivity index (χ4v) is 8.92. The van der Waals surface area contributed by atoms with Crippen LogP contribution in [0.3, 0.4) is 0 Å². The van der Waals surface area contributed by atoms with Crippen molar-refractivity contribution in [1.29, 1.82) is 0 Å². The molecule has 240 valence electrons. The summed E-state index contributed by atoms with van der Waals surface area (Å²) in [7, 11) is 0. The van der Waals surface area contributed by atoms with E-state index in [-0.39, 0.29) is 5.41 Å². The molecule has 0 atom stereocenters. The Morgan fingerprint density at radius 2 is 0.667 bits per heavy atom. The van der Waals surface area contributed by atoms with Crippen LogP contribution in [-0.2, 0) is 11.8 Å². The molecule has 11 rings (SSSR count). The van der Waals surface area contributed by atoms with E-state index in [9.17, 15) is 0 Å². The summed E-state index contributed by atoms with van der Waals surface area (Å²) in [4.78, 5) is 2.32. The van der Waals surface area contributed by atoms with Crippen LogP contribution in [0.15, 0.2) is 200 Å². The molecule has 0 saturated carbocycles. The topological polar surface area (TPSA) is 3.24 Å². The minimum Gasteiger partial charge on any atom is -0.310 e. The second-order valence-electron chi connectivity index (χ2n) is 13.6. The predicted molar refractivity (Wildman–Crippen MR) is 212 cm³/mol. The minimum atomic E-state index is -0.180. The maximum Gasteiger partial charge on any atom is 0.0725 e. The molecule has 0 saturated heterocycles. The van der Waals surface area contributed by atoms with Crippen LogP contribution in [-0.4, -0.2) is 0 Å². The summed E-state index contributed by atoms with van der Waals surface area (Å²) in [6.45, 7) is 0. The van der Waals surface area contributed by atoms with Crippen LogP contribution >= 0.6 is 0 Å². The van der Waals surface area contributed by atoms with Gasteiger partial charge in [0.2, 0.25) is 0 Å². The van der Waals surface area contributed by atoms with Crippen molar-refractivity contribution in [2.24, 2.45) is 0 Å². The van der Waals surface area contributed by atoms with Crippen LogP contribution in [0, 0.1) is 0 Å². The maximum absolute atomic E-state index is 2.34. The zero-order chi connectivity index (χ0) is 33.8. The summed E-state index contributed by atoms with van der Waals surface area (Å²) >= 11 is 0. The number of hydrogen-bond acceptors (Lipinski definition) is 1. The molecule has 0 fully saturated rings. The highest BCUT2D eigenvalue weighted by molar-refractivity contribution is 5.94. The maximum atomic E-state index is 2.34. The van der Waals surface area contributed by atoms with E-state index in [2.05, 4.69) is 205 Å². The van der Waals surface area contributed by atoms with E-state index in [0.29, 0.717) is 0 Å². The molecular weight excluding hydrogens is 615 g/mol. The van der Waals surface area contributed by atoms with Gasteiger partial charge in [0.05, 0.1) is 5.41 Å². The van der Waals surface area contributed by atoms with Gasteiger partial charge < -0.3 is 4.90 Å². The predicted octanol–water partition coefficient (Wildman–Crippen LogP) is 12.8. The van der Waals surface area contributed by atoms with Crippen LogP contribution in [0.4, 0.5) is 17.1 Å². The Balaban J connectivity index is 0.000000128. The molecule has 1 heteroatoms. The van der Waals surface area contributed by atoms with E-state index in [1.165, 1.54) is 83.8 Å². The van der Waals surface area contributed by atoms with Gasteiger partial charge in [-0.25, -0.2) is 0 Å². The average Bonchev–Trinajstić information content (AvgIpc) is 3.83. The fourth-order valence-electron chi connectivity index (χ4n) is 8.92. The summed E-state index contributed by atoms with van der Waals surface area (Å²) in [6.07, 6.45) is 1.01. The van der Waals surface area contributed by atoms with E-state index in [1.807, 2.05) is 0 Å². The first kappa shape index (κ1) is 29.5. The normalized spacial score (nSPS) is 13.2. The van der Waals surface area contributed by atoms with Crippen LogP contribution in [0.25, 0.3) is 33.4 Å². The first-order chi connectivity index (χ1) is 25.3. The van der Waals surface area contributed by atoms with Gasteiger partial charge >= 0.3 is 0 Å². The number of para-hydroxylation sites is 2. The molecule has 3 aliphatic carbocycles. The first-order valence-corrected chi connectivity index (χ1v) is 17.8. The summed E-state index contributed by atoms with van der Waals surface area (Å²) in [5, 5.41) is 0. The lowest BCUT2D eigenvalue weighted by atomic mass is 9.70. The number of fused-ring (bicyclic) bond motifs is 13. The van der Waals surface area contributed by atoms with Gasteiger partial charge in [0, 0.05) is 17.1 Å². The van der Waals surface area contributed by atoms with Gasteiger partial charge in [-0.2, -0.15) is 0 Å². The summed E-state index contributed by atoms with van der Waals surface area (Å²) in [5.74, 6) is 0. The lowest BCUT2D eigenvalue weighted by molar-refractivity contribution is 0.794. The summed E-state index contributed by atoms with van der Waals surface area (Å²) < 4.78 is 0. The molecule has 1 spiro atoms. The molecule has 0 heterocycles. The van der Waals surface area contributed by atoms with Gasteiger partial charge in [0.25, 0.3) is 0 Å². The molecule has 0 radical (unpaired) electrons. The quantitative estimate of drug-likeness (QED) is 0.184. The molecule has 8 aromatic rings. The zero-order valence-electron chi connectivity index (χ0n) is 28.2. The van der Waals surface area contributed by atoms with Crippen LogP contribution in [0.1, 0.15) is 33.4 Å². The van der Waals surface area contributed by atoms with Crippen molar-refractivity contribution in [2.75, 3.05) is 4.90 Å². The Labute approximate surface area is 299 Å². The van der Waals surface area contributed by atoms with Crippen molar-refractivity contribution in [2.45, 2.75) is 11.8 Å². The van der Waals surface area contributed by atoms with Crippen LogP contribution < -0.4 is 4.90 Å². The van der Waals surface area contributed by atoms with E-state index < -0.39 is 0 Å². The number of benzene rings is 8. The Morgan fingerprint density at radius 1 is 0.294 bits per heavy atom. The molecule has 0 N–H and O–H groups in total. The Bertz CT molecular complexity index is 2340. The smallest absolute Gasteiger partial charge is 0.0725 e. The number of rotatable bonds is 3. The van der Waals surface area contributed by atoms with Crippen molar-refractivity contribution in [1.82, 2.24) is 0 Å². The Morgan fingerprint density at radius 3 is 1.14 bits per heavy atom. The Hall–Kier alpha value is -6.44. The molecule has 8 aromatic carbocycles. The minimum absolute atomic E-state index is 0.180. The first-order valence-electron chi connectivity index (χ1n) is 17.8. The second kappa shape index (κ2) is 11.9. The molecule has 0 bridgehead atoms. The van der Waals surface area contributed by atoms with E-state index in [0.717, 1.165) is 6.42 Å². The van der Waals surface area contributed by atoms with Gasteiger partial charge in [0.1, 0.15) is 0 Å². The highest BCUT2D eigenvalue weighted by Crippen LogP contribution is 2.62. The third-order valence-corrected chi connectivity index (χ3v) is 11.0. The van der Waals surface area contributed by atoms with Crippen molar-refractivity contribution in [3.63, 3.8) is 0 Å². The molecule has 0 unspecified atom stereocenters. The third kappa shape index (κ3) is 4.48. The molecule has 3 aliphatic rings. The van der Waals surface area contributed by atoms with Crippen molar-refractivity contribution < 1.29 is 0 Å².